The molecule has 0 saturated carbocycles. The Balaban J connectivity index is 1.59. The number of halogens is 2. The quantitative estimate of drug-likeness (QED) is 0.285. The van der Waals surface area contributed by atoms with Gasteiger partial charge in [0.05, 0.1) is 24.9 Å². The highest BCUT2D eigenvalue weighted by Crippen LogP contribution is 2.32. The first-order chi connectivity index (χ1) is 16.4. The second-order valence-electron chi connectivity index (χ2n) is 7.24. The van der Waals surface area contributed by atoms with Crippen molar-refractivity contribution in [3.05, 3.63) is 87.0 Å². The first-order valence-electron chi connectivity index (χ1n) is 10.2. The molecular weight excluding hydrogens is 540 g/mol. The Labute approximate surface area is 216 Å². The average molecular weight is 560 g/mol. The summed E-state index contributed by atoms with van der Waals surface area (Å²) in [6, 6.07) is 18.2. The molecule has 3 aromatic rings. The van der Waals surface area contributed by atoms with Crippen LogP contribution in [-0.4, -0.2) is 25.2 Å². The van der Waals surface area contributed by atoms with Gasteiger partial charge in [0.15, 0.2) is 5.11 Å². The number of rotatable bonds is 7. The number of nitrogens with one attached hydrogen (secondary N) is 1. The maximum Gasteiger partial charge on any atom is 0.281 e. The van der Waals surface area contributed by atoms with Gasteiger partial charge in [-0.15, -0.1) is 0 Å². The molecule has 0 aromatic heterocycles. The lowest BCUT2D eigenvalue weighted by Gasteiger charge is -2.17. The minimum atomic E-state index is -0.273. The fourth-order valence-corrected chi connectivity index (χ4v) is 4.50. The van der Waals surface area contributed by atoms with Crippen LogP contribution < -0.4 is 24.4 Å². The van der Waals surface area contributed by atoms with Crippen LogP contribution in [-0.2, 0) is 11.4 Å². The molecule has 1 N–H and O–H groups in total. The van der Waals surface area contributed by atoms with Crippen molar-refractivity contribution in [1.82, 2.24) is 5.32 Å². The van der Waals surface area contributed by atoms with Gasteiger partial charge in [0, 0.05) is 10.0 Å². The SMILES string of the molecule is COc1ccc(/C=C2/NC(=S)N(c3ccccc3OC)C2=O)cc1COc1ccc(Br)cc1Cl. The Morgan fingerprint density at radius 2 is 1.76 bits per heavy atom. The Morgan fingerprint density at radius 1 is 1.03 bits per heavy atom. The Hall–Kier alpha value is -3.07. The van der Waals surface area contributed by atoms with Crippen LogP contribution >= 0.6 is 39.7 Å². The van der Waals surface area contributed by atoms with E-state index >= 15 is 0 Å². The van der Waals surface area contributed by atoms with E-state index in [1.807, 2.05) is 36.4 Å². The van der Waals surface area contributed by atoms with Crippen molar-refractivity contribution >= 4 is 62.5 Å². The number of amides is 1. The number of thiocarbonyl (C=S) groups is 1. The second kappa shape index (κ2) is 10.5. The zero-order valence-electron chi connectivity index (χ0n) is 18.3. The van der Waals surface area contributed by atoms with Gasteiger partial charge in [-0.25, -0.2) is 4.90 Å². The summed E-state index contributed by atoms with van der Waals surface area (Å²) in [5.74, 6) is 1.50. The van der Waals surface area contributed by atoms with E-state index < -0.39 is 0 Å². The van der Waals surface area contributed by atoms with E-state index in [9.17, 15) is 4.79 Å². The number of hydrogen-bond donors (Lipinski definition) is 1. The van der Waals surface area contributed by atoms with Gasteiger partial charge in [0.1, 0.15) is 29.6 Å². The molecule has 9 heteroatoms. The van der Waals surface area contributed by atoms with Crippen molar-refractivity contribution in [2.75, 3.05) is 19.1 Å². The van der Waals surface area contributed by atoms with Gasteiger partial charge in [0.25, 0.3) is 5.91 Å². The molecule has 1 aliphatic heterocycles. The van der Waals surface area contributed by atoms with Crippen LogP contribution in [0.15, 0.2) is 70.8 Å². The van der Waals surface area contributed by atoms with Crippen molar-refractivity contribution < 1.29 is 19.0 Å². The molecule has 3 aromatic carbocycles. The summed E-state index contributed by atoms with van der Waals surface area (Å²) in [5, 5.41) is 3.78. The number of anilines is 1. The van der Waals surface area contributed by atoms with Crippen LogP contribution in [0.1, 0.15) is 11.1 Å². The van der Waals surface area contributed by atoms with E-state index in [2.05, 4.69) is 21.2 Å². The Bertz CT molecular complexity index is 1300. The number of carbonyl (C=O) groups excluding carboxylic acids is 1. The van der Waals surface area contributed by atoms with Crippen molar-refractivity contribution in [2.45, 2.75) is 6.61 Å². The third-order valence-electron chi connectivity index (χ3n) is 5.10. The fraction of sp³-hybridized carbons (Fsp3) is 0.120. The van der Waals surface area contributed by atoms with Gasteiger partial charge >= 0.3 is 0 Å². The molecule has 34 heavy (non-hydrogen) atoms. The predicted octanol–water partition coefficient (Wildman–Crippen LogP) is 5.96. The third-order valence-corrected chi connectivity index (χ3v) is 6.17. The molecule has 1 aliphatic rings. The standard InChI is InChI=1S/C25H20BrClN2O4S/c1-31-21-9-7-15(11-16(21)14-33-22-10-8-17(26)13-18(22)27)12-19-24(30)29(25(34)28-19)20-5-3-4-6-23(20)32-2/h3-13H,14H2,1-2H3,(H,28,34)/b19-12+. The van der Waals surface area contributed by atoms with E-state index in [1.54, 1.807) is 44.6 Å². The van der Waals surface area contributed by atoms with Crippen molar-refractivity contribution in [2.24, 2.45) is 0 Å². The number of carbonyl (C=O) groups is 1. The lowest BCUT2D eigenvalue weighted by Crippen LogP contribution is -2.30. The molecule has 6 nitrogen and oxygen atoms in total. The second-order valence-corrected chi connectivity index (χ2v) is 8.94. The largest absolute Gasteiger partial charge is 0.496 e. The maximum absolute atomic E-state index is 13.2. The summed E-state index contributed by atoms with van der Waals surface area (Å²) in [6.07, 6.45) is 1.74. The highest BCUT2D eigenvalue weighted by molar-refractivity contribution is 9.10. The molecule has 1 saturated heterocycles. The summed E-state index contributed by atoms with van der Waals surface area (Å²) in [5.41, 5.74) is 2.50. The van der Waals surface area contributed by atoms with E-state index in [4.69, 9.17) is 38.0 Å². The zero-order chi connectivity index (χ0) is 24.2. The summed E-state index contributed by atoms with van der Waals surface area (Å²) >= 11 is 15.1. The van der Waals surface area contributed by atoms with Gasteiger partial charge < -0.3 is 19.5 Å². The highest BCUT2D eigenvalue weighted by Gasteiger charge is 2.33. The maximum atomic E-state index is 13.2. The molecule has 1 fully saturated rings. The van der Waals surface area contributed by atoms with Crippen LogP contribution in [0.2, 0.25) is 5.02 Å². The molecule has 0 aliphatic carbocycles. The smallest absolute Gasteiger partial charge is 0.281 e. The molecule has 0 bridgehead atoms. The highest BCUT2D eigenvalue weighted by atomic mass is 79.9. The van der Waals surface area contributed by atoms with E-state index in [0.717, 1.165) is 15.6 Å². The summed E-state index contributed by atoms with van der Waals surface area (Å²) < 4.78 is 17.6. The van der Waals surface area contributed by atoms with Gasteiger partial charge in [-0.3, -0.25) is 4.79 Å². The molecular formula is C25H20BrClN2O4S. The van der Waals surface area contributed by atoms with Crippen LogP contribution in [0.25, 0.3) is 6.08 Å². The van der Waals surface area contributed by atoms with Crippen molar-refractivity contribution in [1.29, 1.82) is 0 Å². The normalized spacial score (nSPS) is 14.4. The van der Waals surface area contributed by atoms with Gasteiger partial charge in [-0.1, -0.05) is 45.7 Å². The number of benzene rings is 3. The average Bonchev–Trinajstić information content (AvgIpc) is 3.11. The molecule has 0 unspecified atom stereocenters. The number of ether oxygens (including phenoxy) is 3. The zero-order valence-corrected chi connectivity index (χ0v) is 21.5. The molecule has 1 amide bonds. The van der Waals surface area contributed by atoms with Crippen molar-refractivity contribution in [3.63, 3.8) is 0 Å². The fourth-order valence-electron chi connectivity index (χ4n) is 3.48. The molecule has 174 valence electrons. The summed E-state index contributed by atoms with van der Waals surface area (Å²) in [6.45, 7) is 0.231. The van der Waals surface area contributed by atoms with Crippen LogP contribution in [0.4, 0.5) is 5.69 Å². The predicted molar refractivity (Wildman–Crippen MR) is 141 cm³/mol. The minimum absolute atomic E-state index is 0.231. The molecule has 0 spiro atoms. The number of nitrogens with zero attached hydrogens (tertiary/aromatic N) is 1. The lowest BCUT2D eigenvalue weighted by molar-refractivity contribution is -0.113. The van der Waals surface area contributed by atoms with Gasteiger partial charge in [-0.2, -0.15) is 0 Å². The molecule has 0 atom stereocenters. The monoisotopic (exact) mass is 558 g/mol. The topological polar surface area (TPSA) is 60.0 Å². The van der Waals surface area contributed by atoms with E-state index in [-0.39, 0.29) is 17.6 Å². The van der Waals surface area contributed by atoms with Crippen molar-refractivity contribution in [3.8, 4) is 17.2 Å². The number of hydrogen-bond acceptors (Lipinski definition) is 5. The van der Waals surface area contributed by atoms with E-state index in [1.165, 1.54) is 4.90 Å². The summed E-state index contributed by atoms with van der Waals surface area (Å²) in [4.78, 5) is 14.6. The van der Waals surface area contributed by atoms with Gasteiger partial charge in [0.2, 0.25) is 0 Å². The molecule has 1 heterocycles. The van der Waals surface area contributed by atoms with Crippen LogP contribution in [0.3, 0.4) is 0 Å². The number of para-hydroxylation sites is 2. The summed E-state index contributed by atoms with van der Waals surface area (Å²) in [7, 11) is 3.14. The van der Waals surface area contributed by atoms with Crippen LogP contribution in [0, 0.1) is 0 Å². The van der Waals surface area contributed by atoms with E-state index in [0.29, 0.717) is 33.7 Å². The molecule has 4 rings (SSSR count). The Morgan fingerprint density at radius 3 is 2.50 bits per heavy atom. The van der Waals surface area contributed by atoms with Gasteiger partial charge in [-0.05, 0) is 66.3 Å². The first-order valence-corrected chi connectivity index (χ1v) is 11.7. The minimum Gasteiger partial charge on any atom is -0.496 e. The third kappa shape index (κ3) is 5.04. The molecule has 0 radical (unpaired) electrons. The number of methoxy groups -OCH3 is 2. The lowest BCUT2D eigenvalue weighted by atomic mass is 10.1. The Kier molecular flexibility index (Phi) is 7.41. The van der Waals surface area contributed by atoms with Crippen LogP contribution in [0.5, 0.6) is 17.2 Å². The first kappa shape index (κ1) is 24.1.